The van der Waals surface area contributed by atoms with Gasteiger partial charge in [0, 0.05) is 40.0 Å². The number of halogens is 1. The molecule has 9 N–H and O–H groups in total. The van der Waals surface area contributed by atoms with E-state index in [1.807, 2.05) is 12.1 Å². The smallest absolute Gasteiger partial charge is 0.466 e. The molecule has 1 fully saturated rings. The molecule has 2 aliphatic rings. The molecule has 0 unspecified atom stereocenters. The van der Waals surface area contributed by atoms with Crippen molar-refractivity contribution in [1.82, 2.24) is 9.55 Å². The lowest BCUT2D eigenvalue weighted by Crippen LogP contribution is -2.28. The summed E-state index contributed by atoms with van der Waals surface area (Å²) in [6.45, 7) is 1.74. The number of Topliss-reactive ketones (excluding diaryl/α,β-unsaturated/α-hetero) is 2. The van der Waals surface area contributed by atoms with Crippen LogP contribution in [0.1, 0.15) is 63.7 Å². The van der Waals surface area contributed by atoms with Gasteiger partial charge in [0.05, 0.1) is 16.4 Å². The molecule has 60 heavy (non-hydrogen) atoms. The highest BCUT2D eigenvalue weighted by Gasteiger charge is 2.37. The lowest BCUT2D eigenvalue weighted by Gasteiger charge is -2.31. The fourth-order valence-electron chi connectivity index (χ4n) is 6.62. The Morgan fingerprint density at radius 3 is 1.72 bits per heavy atom. The number of rotatable bonds is 7. The maximum absolute atomic E-state index is 12.9. The van der Waals surface area contributed by atoms with Crippen molar-refractivity contribution < 1.29 is 52.4 Å². The van der Waals surface area contributed by atoms with Crippen LogP contribution < -0.4 is 11.5 Å². The number of allylic oxidation sites excluding steroid dienone is 2. The molecule has 0 saturated heterocycles. The Bertz CT molecular complexity index is 2440. The Morgan fingerprint density at radius 2 is 1.27 bits per heavy atom. The number of carbonyl (C=O) groups excluding carboxylic acids is 2. The molecule has 20 heteroatoms. The first-order chi connectivity index (χ1) is 28.2. The van der Waals surface area contributed by atoms with E-state index in [2.05, 4.69) is 17.1 Å². The van der Waals surface area contributed by atoms with E-state index in [0.717, 1.165) is 30.7 Å². The second kappa shape index (κ2) is 20.5. The van der Waals surface area contributed by atoms with Crippen LogP contribution in [0.4, 0.5) is 17.2 Å². The summed E-state index contributed by atoms with van der Waals surface area (Å²) in [5.41, 5.74) is 14.4. The number of fused-ring (bicyclic) bond motifs is 1. The number of aromatic nitrogens is 2. The topological polar surface area (TPSA) is 300 Å². The Balaban J connectivity index is 0.000000201. The average molecular weight is 884 g/mol. The fraction of sp³-hybridized carbons (Fsp3) is 0.225. The minimum absolute atomic E-state index is 0.0663. The molecule has 1 saturated carbocycles. The van der Waals surface area contributed by atoms with Crippen LogP contribution in [0, 0.1) is 23.0 Å². The third-order valence-electron chi connectivity index (χ3n) is 9.53. The van der Waals surface area contributed by atoms with Gasteiger partial charge in [0.1, 0.15) is 12.7 Å². The number of nitrogens with two attached hydrogens (primary N) is 2. The summed E-state index contributed by atoms with van der Waals surface area (Å²) >= 11 is 5.96. The zero-order chi connectivity index (χ0) is 44.4. The molecular weight excluding hydrogens is 841 g/mol. The van der Waals surface area contributed by atoms with E-state index in [1.54, 1.807) is 55.5 Å². The van der Waals surface area contributed by atoms with E-state index in [9.17, 15) is 33.2 Å². The minimum Gasteiger partial charge on any atom is -0.504 e. The van der Waals surface area contributed by atoms with E-state index in [0.29, 0.717) is 39.8 Å². The normalized spacial score (nSPS) is 16.2. The highest BCUT2D eigenvalue weighted by atomic mass is 35.5. The van der Waals surface area contributed by atoms with Crippen LogP contribution >= 0.6 is 19.4 Å². The van der Waals surface area contributed by atoms with Crippen LogP contribution in [0.25, 0.3) is 0 Å². The van der Waals surface area contributed by atoms with Gasteiger partial charge >= 0.3 is 13.6 Å². The Morgan fingerprint density at radius 1 is 0.817 bits per heavy atom. The predicted molar refractivity (Wildman–Crippen MR) is 223 cm³/mol. The SMILES string of the molecule is Cc1ncc([N+](=O)[O-])n1CCO.Nc1ccc(S(=O)(=O)c2ccc(N)cc2)cc1.O=C1C(O)=C([C@H]2CC[C@H](c3ccc(Cl)cc3)CC2)C(=O)c2ccccc21.O=P(O)(O)O. The number of anilines is 2. The van der Waals surface area contributed by atoms with Crippen molar-refractivity contribution in [2.75, 3.05) is 18.1 Å². The summed E-state index contributed by atoms with van der Waals surface area (Å²) in [6.07, 6.45) is 4.60. The number of hydrogen-bond acceptors (Lipinski definition) is 12. The molecule has 2 aliphatic carbocycles. The number of aliphatic hydroxyl groups excluding tert-OH is 2. The highest BCUT2D eigenvalue weighted by Crippen LogP contribution is 2.42. The molecule has 0 radical (unpaired) electrons. The molecule has 318 valence electrons. The number of nitro groups is 1. The Kier molecular flexibility index (Phi) is 16.0. The first kappa shape index (κ1) is 47.0. The van der Waals surface area contributed by atoms with Crippen LogP contribution in [0.2, 0.25) is 5.02 Å². The number of aliphatic hydroxyl groups is 2. The maximum atomic E-state index is 12.9. The van der Waals surface area contributed by atoms with Crippen LogP contribution in [0.3, 0.4) is 0 Å². The summed E-state index contributed by atoms with van der Waals surface area (Å²) in [6, 6.07) is 26.8. The number of hydrogen-bond donors (Lipinski definition) is 7. The summed E-state index contributed by atoms with van der Waals surface area (Å²) in [7, 11) is -8.12. The molecule has 0 spiro atoms. The van der Waals surface area contributed by atoms with Gasteiger partial charge in [-0.25, -0.2) is 22.5 Å². The lowest BCUT2D eigenvalue weighted by atomic mass is 9.72. The van der Waals surface area contributed by atoms with Crippen molar-refractivity contribution in [2.45, 2.75) is 54.9 Å². The van der Waals surface area contributed by atoms with Gasteiger partial charge in [0.2, 0.25) is 15.6 Å². The van der Waals surface area contributed by atoms with E-state index in [-0.39, 0.29) is 46.2 Å². The van der Waals surface area contributed by atoms with Gasteiger partial charge < -0.3 is 46.5 Å². The number of nitrogen functional groups attached to an aromatic ring is 2. The van der Waals surface area contributed by atoms with E-state index < -0.39 is 28.4 Å². The molecule has 4 aromatic carbocycles. The average Bonchev–Trinajstić information content (AvgIpc) is 3.58. The molecule has 5 aromatic rings. The molecule has 0 bridgehead atoms. The quantitative estimate of drug-likeness (QED) is 0.0405. The van der Waals surface area contributed by atoms with Gasteiger partial charge in [-0.1, -0.05) is 48.0 Å². The lowest BCUT2D eigenvalue weighted by molar-refractivity contribution is -0.392. The van der Waals surface area contributed by atoms with Gasteiger partial charge in [-0.15, -0.1) is 0 Å². The number of ketones is 2. The third-order valence-corrected chi connectivity index (χ3v) is 11.6. The van der Waals surface area contributed by atoms with Crippen molar-refractivity contribution in [3.05, 3.63) is 152 Å². The second-order valence-corrected chi connectivity index (χ2v) is 16.9. The van der Waals surface area contributed by atoms with Gasteiger partial charge in [-0.3, -0.25) is 9.59 Å². The number of carbonyl (C=O) groups is 2. The number of imidazole rings is 1. The highest BCUT2D eigenvalue weighted by molar-refractivity contribution is 7.91. The van der Waals surface area contributed by atoms with Gasteiger partial charge in [0.25, 0.3) is 0 Å². The fourth-order valence-corrected chi connectivity index (χ4v) is 8.01. The molecule has 0 amide bonds. The van der Waals surface area contributed by atoms with E-state index in [1.165, 1.54) is 40.6 Å². The number of nitrogens with zero attached hydrogens (tertiary/aromatic N) is 3. The van der Waals surface area contributed by atoms with E-state index in [4.69, 9.17) is 47.4 Å². The number of sulfone groups is 1. The first-order valence-electron chi connectivity index (χ1n) is 18.1. The predicted octanol–water partition coefficient (Wildman–Crippen LogP) is 6.35. The van der Waals surface area contributed by atoms with Crippen molar-refractivity contribution >= 4 is 58.0 Å². The van der Waals surface area contributed by atoms with Crippen molar-refractivity contribution in [3.63, 3.8) is 0 Å². The molecule has 7 rings (SSSR count). The molecule has 1 aromatic heterocycles. The number of benzene rings is 4. The number of aryl methyl sites for hydroxylation is 1. The zero-order valence-corrected chi connectivity index (χ0v) is 34.5. The van der Waals surface area contributed by atoms with Crippen molar-refractivity contribution in [3.8, 4) is 0 Å². The van der Waals surface area contributed by atoms with E-state index >= 15 is 0 Å². The Labute approximate surface area is 349 Å². The Hall–Kier alpha value is -5.72. The molecule has 0 aliphatic heterocycles. The van der Waals surface area contributed by atoms with Crippen molar-refractivity contribution in [1.29, 1.82) is 0 Å². The molecule has 0 atom stereocenters. The summed E-state index contributed by atoms with van der Waals surface area (Å²) in [5, 5.41) is 30.1. The maximum Gasteiger partial charge on any atom is 0.466 e. The third kappa shape index (κ3) is 12.4. The monoisotopic (exact) mass is 883 g/mol. The first-order valence-corrected chi connectivity index (χ1v) is 21.5. The second-order valence-electron chi connectivity index (χ2n) is 13.5. The van der Waals surface area contributed by atoms with Crippen LogP contribution in [-0.4, -0.2) is 66.0 Å². The minimum atomic E-state index is -4.64. The van der Waals surface area contributed by atoms with Crippen molar-refractivity contribution in [2.24, 2.45) is 5.92 Å². The molecule has 17 nitrogen and oxygen atoms in total. The van der Waals surface area contributed by atoms with Crippen LogP contribution in [0.15, 0.2) is 124 Å². The molecule has 1 heterocycles. The molecular formula is C40H43ClN5O12PS. The van der Waals surface area contributed by atoms with Gasteiger partial charge in [-0.2, -0.15) is 0 Å². The summed E-state index contributed by atoms with van der Waals surface area (Å²) < 4.78 is 34.6. The van der Waals surface area contributed by atoms with Gasteiger partial charge in [-0.05, 0) is 109 Å². The zero-order valence-electron chi connectivity index (χ0n) is 32.0. The van der Waals surface area contributed by atoms with Crippen LogP contribution in [0.5, 0.6) is 0 Å². The standard InChI is InChI=1S/C22H19ClO3.C12H12N2O2S.C6H9N3O3.H3O4P/c23-16-11-9-14(10-12-16)13-5-7-15(8-6-13)19-20(24)17-3-1-2-4-18(17)21(25)22(19)26;13-9-1-5-11(6-2-9)17(15,16)12-7-3-10(14)4-8-12;1-5-7-4-6(9(11)12)8(5)2-3-10;1-5(2,3)4/h1-4,9-13,15,26H,5-8H2;1-8H,13-14H2;4,10H,2-3H2,1H3;(H3,1,2,3,4)/t13-,15-;;;. The van der Waals surface area contributed by atoms with Gasteiger partial charge in [0.15, 0.2) is 17.4 Å². The summed E-state index contributed by atoms with van der Waals surface area (Å²) in [5.74, 6) is -0.181. The van der Waals surface area contributed by atoms with Crippen LogP contribution in [-0.2, 0) is 20.9 Å². The summed E-state index contributed by atoms with van der Waals surface area (Å²) in [4.78, 5) is 61.0. The largest absolute Gasteiger partial charge is 0.504 e. The number of phosphoric acid groups is 1.